The highest BCUT2D eigenvalue weighted by atomic mass is 16.5. The Kier molecular flexibility index (Phi) is 24.3. The van der Waals surface area contributed by atoms with Crippen LogP contribution in [0, 0.1) is 0 Å². The topological polar surface area (TPSA) is 43.4 Å². The van der Waals surface area contributed by atoms with Gasteiger partial charge in [0.05, 0.1) is 14.2 Å². The van der Waals surface area contributed by atoms with Crippen molar-refractivity contribution in [1.29, 1.82) is 0 Å². The first-order valence-corrected chi connectivity index (χ1v) is 18.6. The molecule has 46 heavy (non-hydrogen) atoms. The SMILES string of the molecule is CCN(CCCCCCOCCCCCCCCOCCCCCCN(CC)Cc1ccccc1OC)Cc1ccccc1OC. The third-order valence-corrected chi connectivity index (χ3v) is 8.92. The number of hydrogen-bond donors (Lipinski definition) is 0. The van der Waals surface area contributed by atoms with Crippen LogP contribution in [0.25, 0.3) is 0 Å². The van der Waals surface area contributed by atoms with Gasteiger partial charge in [0, 0.05) is 50.6 Å². The Balaban J connectivity index is 1.29. The van der Waals surface area contributed by atoms with Crippen molar-refractivity contribution in [2.24, 2.45) is 0 Å². The molecule has 6 nitrogen and oxygen atoms in total. The summed E-state index contributed by atoms with van der Waals surface area (Å²) < 4.78 is 22.8. The first kappa shape index (κ1) is 40.1. The Hall–Kier alpha value is -2.12. The molecule has 0 aliphatic carbocycles. The van der Waals surface area contributed by atoms with Crippen LogP contribution in [0.3, 0.4) is 0 Å². The van der Waals surface area contributed by atoms with Gasteiger partial charge in [0.1, 0.15) is 11.5 Å². The molecule has 0 saturated heterocycles. The summed E-state index contributed by atoms with van der Waals surface area (Å²) >= 11 is 0. The molecule has 0 amide bonds. The molecule has 0 aromatic heterocycles. The first-order chi connectivity index (χ1) is 22.7. The Morgan fingerprint density at radius 3 is 1.11 bits per heavy atom. The van der Waals surface area contributed by atoms with Gasteiger partial charge < -0.3 is 18.9 Å². The molecule has 0 bridgehead atoms. The lowest BCUT2D eigenvalue weighted by Gasteiger charge is -2.21. The number of unbranched alkanes of at least 4 members (excludes halogenated alkanes) is 11. The molecule has 0 heterocycles. The van der Waals surface area contributed by atoms with E-state index in [1.165, 1.54) is 101 Å². The van der Waals surface area contributed by atoms with E-state index in [9.17, 15) is 0 Å². The summed E-state index contributed by atoms with van der Waals surface area (Å²) in [6.45, 7) is 14.5. The number of ether oxygens (including phenoxy) is 4. The smallest absolute Gasteiger partial charge is 0.123 e. The molecule has 2 aromatic rings. The van der Waals surface area contributed by atoms with Crippen molar-refractivity contribution in [2.45, 2.75) is 117 Å². The zero-order valence-electron chi connectivity index (χ0n) is 30.1. The fraction of sp³-hybridized carbons (Fsp3) is 0.700. The highest BCUT2D eigenvalue weighted by Gasteiger charge is 2.09. The zero-order chi connectivity index (χ0) is 32.9. The van der Waals surface area contributed by atoms with Crippen molar-refractivity contribution in [3.63, 3.8) is 0 Å². The lowest BCUT2D eigenvalue weighted by molar-refractivity contribution is 0.122. The molecule has 262 valence electrons. The van der Waals surface area contributed by atoms with Crippen LogP contribution in [-0.2, 0) is 22.6 Å². The Labute approximate surface area is 283 Å². The number of nitrogens with zero attached hydrogens (tertiary/aromatic N) is 2. The minimum Gasteiger partial charge on any atom is -0.496 e. The molecule has 0 aliphatic heterocycles. The van der Waals surface area contributed by atoms with Crippen LogP contribution in [0.5, 0.6) is 11.5 Å². The van der Waals surface area contributed by atoms with Crippen LogP contribution in [-0.4, -0.2) is 76.6 Å². The van der Waals surface area contributed by atoms with E-state index in [-0.39, 0.29) is 0 Å². The van der Waals surface area contributed by atoms with E-state index in [0.717, 1.165) is 77.2 Å². The number of para-hydroxylation sites is 2. The highest BCUT2D eigenvalue weighted by molar-refractivity contribution is 5.33. The van der Waals surface area contributed by atoms with E-state index in [2.05, 4.69) is 60.0 Å². The van der Waals surface area contributed by atoms with E-state index < -0.39 is 0 Å². The third kappa shape index (κ3) is 18.9. The van der Waals surface area contributed by atoms with Crippen molar-refractivity contribution >= 4 is 0 Å². The molecular weight excluding hydrogens is 572 g/mol. The fourth-order valence-electron chi connectivity index (χ4n) is 5.95. The van der Waals surface area contributed by atoms with Gasteiger partial charge in [-0.3, -0.25) is 9.80 Å². The second-order valence-corrected chi connectivity index (χ2v) is 12.5. The molecule has 0 radical (unpaired) electrons. The van der Waals surface area contributed by atoms with Gasteiger partial charge in [-0.25, -0.2) is 0 Å². The molecule has 0 unspecified atom stereocenters. The van der Waals surface area contributed by atoms with Crippen LogP contribution in [0.15, 0.2) is 48.5 Å². The van der Waals surface area contributed by atoms with E-state index in [1.807, 2.05) is 12.1 Å². The van der Waals surface area contributed by atoms with E-state index in [4.69, 9.17) is 18.9 Å². The van der Waals surface area contributed by atoms with Crippen molar-refractivity contribution in [3.8, 4) is 11.5 Å². The van der Waals surface area contributed by atoms with Gasteiger partial charge in [-0.15, -0.1) is 0 Å². The summed E-state index contributed by atoms with van der Waals surface area (Å²) in [4.78, 5) is 5.02. The summed E-state index contributed by atoms with van der Waals surface area (Å²) in [6, 6.07) is 16.7. The van der Waals surface area contributed by atoms with Crippen molar-refractivity contribution in [1.82, 2.24) is 9.80 Å². The van der Waals surface area contributed by atoms with Gasteiger partial charge in [-0.1, -0.05) is 102 Å². The maximum atomic E-state index is 5.89. The van der Waals surface area contributed by atoms with E-state index in [1.54, 1.807) is 14.2 Å². The summed E-state index contributed by atoms with van der Waals surface area (Å²) in [6.07, 6.45) is 17.5. The van der Waals surface area contributed by atoms with Gasteiger partial charge in [0.2, 0.25) is 0 Å². The number of rotatable bonds is 31. The quantitative estimate of drug-likeness (QED) is 0.0765. The molecular formula is C40H68N2O4. The van der Waals surface area contributed by atoms with Crippen LogP contribution >= 0.6 is 0 Å². The maximum absolute atomic E-state index is 5.89. The molecule has 6 heteroatoms. The second kappa shape index (κ2) is 27.9. The third-order valence-electron chi connectivity index (χ3n) is 8.92. The van der Waals surface area contributed by atoms with Crippen molar-refractivity contribution in [2.75, 3.05) is 66.8 Å². The van der Waals surface area contributed by atoms with Crippen LogP contribution < -0.4 is 9.47 Å². The van der Waals surface area contributed by atoms with Crippen LogP contribution in [0.4, 0.5) is 0 Å². The molecule has 0 N–H and O–H groups in total. The van der Waals surface area contributed by atoms with E-state index in [0.29, 0.717) is 0 Å². The molecule has 0 fully saturated rings. The Bertz CT molecular complexity index is 894. The summed E-state index contributed by atoms with van der Waals surface area (Å²) in [5.41, 5.74) is 2.55. The summed E-state index contributed by atoms with van der Waals surface area (Å²) in [5, 5.41) is 0. The molecule has 0 saturated carbocycles. The number of methoxy groups -OCH3 is 2. The lowest BCUT2D eigenvalue weighted by atomic mass is 10.1. The number of benzene rings is 2. The first-order valence-electron chi connectivity index (χ1n) is 18.6. The van der Waals surface area contributed by atoms with Gasteiger partial charge in [0.25, 0.3) is 0 Å². The van der Waals surface area contributed by atoms with Gasteiger partial charge in [-0.2, -0.15) is 0 Å². The summed E-state index contributed by atoms with van der Waals surface area (Å²) in [5.74, 6) is 1.99. The largest absolute Gasteiger partial charge is 0.496 e. The van der Waals surface area contributed by atoms with Crippen LogP contribution in [0.1, 0.15) is 115 Å². The fourth-order valence-corrected chi connectivity index (χ4v) is 5.95. The van der Waals surface area contributed by atoms with Gasteiger partial charge >= 0.3 is 0 Å². The highest BCUT2D eigenvalue weighted by Crippen LogP contribution is 2.21. The Morgan fingerprint density at radius 2 is 0.761 bits per heavy atom. The maximum Gasteiger partial charge on any atom is 0.123 e. The minimum absolute atomic E-state index is 0.914. The average molecular weight is 641 g/mol. The second-order valence-electron chi connectivity index (χ2n) is 12.5. The molecule has 2 aromatic carbocycles. The molecule has 0 atom stereocenters. The predicted octanol–water partition coefficient (Wildman–Crippen LogP) is 9.54. The lowest BCUT2D eigenvalue weighted by Crippen LogP contribution is -2.24. The van der Waals surface area contributed by atoms with Crippen molar-refractivity contribution < 1.29 is 18.9 Å². The monoisotopic (exact) mass is 641 g/mol. The van der Waals surface area contributed by atoms with Gasteiger partial charge in [-0.05, 0) is 76.8 Å². The zero-order valence-corrected chi connectivity index (χ0v) is 30.1. The normalized spacial score (nSPS) is 11.5. The number of hydrogen-bond acceptors (Lipinski definition) is 6. The molecule has 0 aliphatic rings. The molecule has 0 spiro atoms. The minimum atomic E-state index is 0.914. The van der Waals surface area contributed by atoms with E-state index >= 15 is 0 Å². The van der Waals surface area contributed by atoms with Gasteiger partial charge in [0.15, 0.2) is 0 Å². The average Bonchev–Trinajstić information content (AvgIpc) is 3.09. The predicted molar refractivity (Wildman–Crippen MR) is 194 cm³/mol. The summed E-state index contributed by atoms with van der Waals surface area (Å²) in [7, 11) is 3.51. The van der Waals surface area contributed by atoms with Crippen LogP contribution in [0.2, 0.25) is 0 Å². The Morgan fingerprint density at radius 1 is 0.435 bits per heavy atom. The molecule has 2 rings (SSSR count). The van der Waals surface area contributed by atoms with Crippen molar-refractivity contribution in [3.05, 3.63) is 59.7 Å². The standard InChI is InChI=1S/C40H68N2O4/c1-5-41(35-37-25-15-17-27-39(37)43-3)29-19-9-13-23-33-45-31-21-11-7-8-12-22-32-46-34-24-14-10-20-30-42(6-2)36-38-26-16-18-28-40(38)44-4/h15-18,25-28H,5-14,19-24,29-36H2,1-4H3.